The van der Waals surface area contributed by atoms with Crippen molar-refractivity contribution in [3.8, 4) is 0 Å². The maximum Gasteiger partial charge on any atom is 0.355 e. The van der Waals surface area contributed by atoms with E-state index in [0.29, 0.717) is 0 Å². The van der Waals surface area contributed by atoms with Crippen molar-refractivity contribution in [1.29, 1.82) is 0 Å². The summed E-state index contributed by atoms with van der Waals surface area (Å²) in [4.78, 5) is 14.1. The Kier molecular flexibility index (Phi) is 3.15. The maximum atomic E-state index is 12.5. The van der Waals surface area contributed by atoms with Crippen LogP contribution < -0.4 is 0 Å². The standard InChI is InChI=1S/C8H6BrF2NO2/c1-3-2-4(9)12-6(8(13)14)5(3)7(10)11/h2,7H,1H3,(H,13,14). The highest BCUT2D eigenvalue weighted by Gasteiger charge is 2.22. The molecule has 76 valence electrons. The highest BCUT2D eigenvalue weighted by Crippen LogP contribution is 2.27. The third kappa shape index (κ3) is 2.06. The van der Waals surface area contributed by atoms with Gasteiger partial charge in [0.25, 0.3) is 6.43 Å². The topological polar surface area (TPSA) is 50.2 Å². The summed E-state index contributed by atoms with van der Waals surface area (Å²) in [6.45, 7) is 1.42. The second-order valence-corrected chi connectivity index (χ2v) is 3.44. The second-order valence-electron chi connectivity index (χ2n) is 2.63. The van der Waals surface area contributed by atoms with Gasteiger partial charge in [0.1, 0.15) is 4.60 Å². The Morgan fingerprint density at radius 3 is 2.64 bits per heavy atom. The average molecular weight is 266 g/mol. The highest BCUT2D eigenvalue weighted by molar-refractivity contribution is 9.10. The number of carbonyl (C=O) groups is 1. The molecule has 0 bridgehead atoms. The van der Waals surface area contributed by atoms with E-state index in [9.17, 15) is 13.6 Å². The number of halogens is 3. The van der Waals surface area contributed by atoms with E-state index in [-0.39, 0.29) is 10.2 Å². The quantitative estimate of drug-likeness (QED) is 0.837. The van der Waals surface area contributed by atoms with E-state index < -0.39 is 23.7 Å². The minimum Gasteiger partial charge on any atom is -0.476 e. The second kappa shape index (κ2) is 4.00. The maximum absolute atomic E-state index is 12.5. The van der Waals surface area contributed by atoms with Crippen molar-refractivity contribution >= 4 is 21.9 Å². The number of carboxylic acids is 1. The van der Waals surface area contributed by atoms with Crippen molar-refractivity contribution in [3.63, 3.8) is 0 Å². The van der Waals surface area contributed by atoms with Crippen molar-refractivity contribution in [2.24, 2.45) is 0 Å². The molecule has 1 N–H and O–H groups in total. The SMILES string of the molecule is Cc1cc(Br)nc(C(=O)O)c1C(F)F. The molecule has 6 heteroatoms. The zero-order chi connectivity index (χ0) is 10.9. The molecular formula is C8H6BrF2NO2. The Hall–Kier alpha value is -1.04. The van der Waals surface area contributed by atoms with Crippen LogP contribution in [-0.2, 0) is 0 Å². The molecule has 0 radical (unpaired) electrons. The molecule has 1 aromatic rings. The number of pyridine rings is 1. The summed E-state index contributed by atoms with van der Waals surface area (Å²) in [6.07, 6.45) is -2.83. The lowest BCUT2D eigenvalue weighted by Gasteiger charge is -2.08. The van der Waals surface area contributed by atoms with E-state index in [1.807, 2.05) is 0 Å². The fourth-order valence-electron chi connectivity index (χ4n) is 1.08. The molecular weight excluding hydrogens is 260 g/mol. The van der Waals surface area contributed by atoms with Crippen LogP contribution in [0, 0.1) is 6.92 Å². The molecule has 1 heterocycles. The number of aromatic nitrogens is 1. The number of hydrogen-bond acceptors (Lipinski definition) is 2. The van der Waals surface area contributed by atoms with Gasteiger partial charge in [-0.1, -0.05) is 0 Å². The lowest BCUT2D eigenvalue weighted by molar-refractivity contribution is 0.0676. The summed E-state index contributed by atoms with van der Waals surface area (Å²) in [6, 6.07) is 1.36. The van der Waals surface area contributed by atoms with Gasteiger partial charge in [-0.25, -0.2) is 18.6 Å². The minimum absolute atomic E-state index is 0.208. The fraction of sp³-hybridized carbons (Fsp3) is 0.250. The molecule has 1 aromatic heterocycles. The molecule has 0 unspecified atom stereocenters. The lowest BCUT2D eigenvalue weighted by atomic mass is 10.1. The van der Waals surface area contributed by atoms with E-state index in [1.54, 1.807) is 0 Å². The molecule has 0 aliphatic carbocycles. The number of aryl methyl sites for hydroxylation is 1. The molecule has 0 aromatic carbocycles. The van der Waals surface area contributed by atoms with E-state index in [0.717, 1.165) is 0 Å². The van der Waals surface area contributed by atoms with Gasteiger partial charge in [-0.15, -0.1) is 0 Å². The Labute approximate surface area is 86.9 Å². The average Bonchev–Trinajstić information content (AvgIpc) is 2.01. The van der Waals surface area contributed by atoms with Crippen LogP contribution in [0.25, 0.3) is 0 Å². The third-order valence-electron chi connectivity index (χ3n) is 1.65. The van der Waals surface area contributed by atoms with Gasteiger partial charge in [-0.2, -0.15) is 0 Å². The molecule has 0 saturated heterocycles. The molecule has 0 aliphatic heterocycles. The highest BCUT2D eigenvalue weighted by atomic mass is 79.9. The Morgan fingerprint density at radius 1 is 1.64 bits per heavy atom. The number of rotatable bonds is 2. The summed E-state index contributed by atoms with van der Waals surface area (Å²) in [5, 5.41) is 8.65. The van der Waals surface area contributed by atoms with Crippen molar-refractivity contribution < 1.29 is 18.7 Å². The first-order valence-electron chi connectivity index (χ1n) is 3.62. The number of nitrogens with zero attached hydrogens (tertiary/aromatic N) is 1. The number of hydrogen-bond donors (Lipinski definition) is 1. The zero-order valence-electron chi connectivity index (χ0n) is 7.09. The first kappa shape index (κ1) is 11.0. The van der Waals surface area contributed by atoms with Crippen LogP contribution in [0.5, 0.6) is 0 Å². The van der Waals surface area contributed by atoms with Crippen molar-refractivity contribution in [1.82, 2.24) is 4.98 Å². The van der Waals surface area contributed by atoms with Gasteiger partial charge in [-0.3, -0.25) is 0 Å². The zero-order valence-corrected chi connectivity index (χ0v) is 8.68. The molecule has 14 heavy (non-hydrogen) atoms. The Balaban J connectivity index is 3.44. The summed E-state index contributed by atoms with van der Waals surface area (Å²) in [7, 11) is 0. The van der Waals surface area contributed by atoms with Crippen LogP contribution >= 0.6 is 15.9 Å². The van der Waals surface area contributed by atoms with Crippen molar-refractivity contribution in [3.05, 3.63) is 27.5 Å². The van der Waals surface area contributed by atoms with Crippen molar-refractivity contribution in [2.45, 2.75) is 13.3 Å². The van der Waals surface area contributed by atoms with Crippen LogP contribution in [0.4, 0.5) is 8.78 Å². The predicted octanol–water partition coefficient (Wildman–Crippen LogP) is 2.79. The van der Waals surface area contributed by atoms with Crippen molar-refractivity contribution in [2.75, 3.05) is 0 Å². The summed E-state index contributed by atoms with van der Waals surface area (Å²) >= 11 is 2.95. The monoisotopic (exact) mass is 265 g/mol. The Morgan fingerprint density at radius 2 is 2.21 bits per heavy atom. The molecule has 0 spiro atoms. The molecule has 0 aliphatic rings. The van der Waals surface area contributed by atoms with E-state index in [2.05, 4.69) is 20.9 Å². The third-order valence-corrected chi connectivity index (χ3v) is 2.06. The minimum atomic E-state index is -2.83. The molecule has 0 atom stereocenters. The van der Waals surface area contributed by atoms with E-state index >= 15 is 0 Å². The van der Waals surface area contributed by atoms with Gasteiger partial charge in [0.2, 0.25) is 0 Å². The van der Waals surface area contributed by atoms with Crippen LogP contribution in [0.2, 0.25) is 0 Å². The van der Waals surface area contributed by atoms with Gasteiger partial charge in [0.05, 0.1) is 5.56 Å². The predicted molar refractivity (Wildman–Crippen MR) is 48.6 cm³/mol. The van der Waals surface area contributed by atoms with Gasteiger partial charge in [0, 0.05) is 0 Å². The lowest BCUT2D eigenvalue weighted by Crippen LogP contribution is -2.08. The van der Waals surface area contributed by atoms with Gasteiger partial charge in [0.15, 0.2) is 5.69 Å². The summed E-state index contributed by atoms with van der Waals surface area (Å²) < 4.78 is 25.2. The molecule has 0 amide bonds. The fourth-order valence-corrected chi connectivity index (χ4v) is 1.60. The van der Waals surface area contributed by atoms with Crippen LogP contribution in [0.15, 0.2) is 10.7 Å². The molecule has 1 rings (SSSR count). The molecule has 0 fully saturated rings. The van der Waals surface area contributed by atoms with Gasteiger partial charge < -0.3 is 5.11 Å². The van der Waals surface area contributed by atoms with Crippen LogP contribution in [0.3, 0.4) is 0 Å². The van der Waals surface area contributed by atoms with Gasteiger partial charge in [-0.05, 0) is 34.5 Å². The van der Waals surface area contributed by atoms with Crippen LogP contribution in [-0.4, -0.2) is 16.1 Å². The first-order valence-corrected chi connectivity index (χ1v) is 4.41. The smallest absolute Gasteiger partial charge is 0.355 e. The summed E-state index contributed by atoms with van der Waals surface area (Å²) in [5.41, 5.74) is -0.924. The normalized spacial score (nSPS) is 10.6. The van der Waals surface area contributed by atoms with E-state index in [4.69, 9.17) is 5.11 Å². The summed E-state index contributed by atoms with van der Waals surface area (Å²) in [5.74, 6) is -1.45. The molecule has 0 saturated carbocycles. The van der Waals surface area contributed by atoms with E-state index in [1.165, 1.54) is 13.0 Å². The van der Waals surface area contributed by atoms with Gasteiger partial charge >= 0.3 is 5.97 Å². The Bertz CT molecular complexity index is 382. The first-order chi connectivity index (χ1) is 6.43. The largest absolute Gasteiger partial charge is 0.476 e. The number of aromatic carboxylic acids is 1. The van der Waals surface area contributed by atoms with Crippen LogP contribution in [0.1, 0.15) is 28.0 Å². The number of alkyl halides is 2. The number of carboxylic acid groups (broad SMARTS) is 1. The molecule has 3 nitrogen and oxygen atoms in total.